The second kappa shape index (κ2) is 6.43. The third-order valence-corrected chi connectivity index (χ3v) is 5.00. The van der Waals surface area contributed by atoms with E-state index in [1.165, 1.54) is 18.6 Å². The first-order valence-electron chi connectivity index (χ1n) is 4.47. The van der Waals surface area contributed by atoms with Gasteiger partial charge in [0.25, 0.3) is 5.91 Å². The van der Waals surface area contributed by atoms with E-state index < -0.39 is 5.91 Å². The van der Waals surface area contributed by atoms with Gasteiger partial charge in [0, 0.05) is 22.6 Å². The fraction of sp³-hybridized carbons (Fsp3) is 0.875. The summed E-state index contributed by atoms with van der Waals surface area (Å²) in [7, 11) is 3.89. The molecule has 0 radical (unpaired) electrons. The second-order valence-corrected chi connectivity index (χ2v) is 5.85. The lowest BCUT2D eigenvalue weighted by Gasteiger charge is -2.04. The number of amides is 1. The van der Waals surface area contributed by atoms with Gasteiger partial charge in [-0.25, -0.2) is 0 Å². The first-order chi connectivity index (χ1) is 6.33. The molecule has 0 bridgehead atoms. The smallest absolute Gasteiger partial charge is 0.269 e. The van der Waals surface area contributed by atoms with Gasteiger partial charge in [-0.15, -0.1) is 4.91 Å². The molecule has 0 spiro atoms. The molecule has 1 saturated heterocycles. The molecule has 1 fully saturated rings. The first-order valence-corrected chi connectivity index (χ1v) is 6.85. The number of hydrogen-bond donors (Lipinski definition) is 0. The summed E-state index contributed by atoms with van der Waals surface area (Å²) in [6.45, 7) is 0. The Hall–Kier alpha value is -0.0300. The van der Waals surface area contributed by atoms with E-state index in [0.717, 1.165) is 18.1 Å². The van der Waals surface area contributed by atoms with Crippen molar-refractivity contribution < 1.29 is 4.79 Å². The largest absolute Gasteiger partial charge is 0.286 e. The average Bonchev–Trinajstić information content (AvgIpc) is 2.64. The quantitative estimate of drug-likeness (QED) is 0.405. The Bertz CT molecular complexity index is 181. The lowest BCUT2D eigenvalue weighted by atomic mass is 10.1. The number of hydrogen-bond acceptors (Lipinski definition) is 4. The standard InChI is InChI=1S/C8H13NO2S2/c10-8(9-11)4-2-1-3-7-5-6-12-13-7/h7H,1-6H2. The maximum absolute atomic E-state index is 10.5. The Morgan fingerprint density at radius 2 is 2.31 bits per heavy atom. The highest BCUT2D eigenvalue weighted by Gasteiger charge is 2.15. The van der Waals surface area contributed by atoms with Crippen LogP contribution in [0.25, 0.3) is 0 Å². The van der Waals surface area contributed by atoms with E-state index in [1.54, 1.807) is 0 Å². The number of nitrogens with zero attached hydrogens (tertiary/aromatic N) is 1. The van der Waals surface area contributed by atoms with Crippen LogP contribution in [0.1, 0.15) is 32.1 Å². The number of unbranched alkanes of at least 4 members (excludes halogenated alkanes) is 1. The molecule has 0 N–H and O–H groups in total. The van der Waals surface area contributed by atoms with Gasteiger partial charge in [-0.1, -0.05) is 28.0 Å². The molecule has 1 atom stereocenters. The Labute approximate surface area is 85.8 Å². The van der Waals surface area contributed by atoms with Gasteiger partial charge in [-0.2, -0.15) is 0 Å². The van der Waals surface area contributed by atoms with Crippen LogP contribution in [0.15, 0.2) is 5.18 Å². The van der Waals surface area contributed by atoms with Crippen molar-refractivity contribution in [1.82, 2.24) is 0 Å². The van der Waals surface area contributed by atoms with Crippen LogP contribution in [0.4, 0.5) is 0 Å². The highest BCUT2D eigenvalue weighted by atomic mass is 33.1. The minimum atomic E-state index is -0.506. The van der Waals surface area contributed by atoms with Gasteiger partial charge in [0.15, 0.2) is 0 Å². The zero-order valence-corrected chi connectivity index (χ0v) is 9.03. The summed E-state index contributed by atoms with van der Waals surface area (Å²) in [4.78, 5) is 20.3. The van der Waals surface area contributed by atoms with E-state index in [1.807, 2.05) is 21.6 Å². The zero-order valence-electron chi connectivity index (χ0n) is 7.40. The predicted octanol–water partition coefficient (Wildman–Crippen LogP) is 2.99. The predicted molar refractivity (Wildman–Crippen MR) is 57.7 cm³/mol. The van der Waals surface area contributed by atoms with Crippen molar-refractivity contribution in [2.45, 2.75) is 37.4 Å². The molecule has 1 rings (SSSR count). The summed E-state index contributed by atoms with van der Waals surface area (Å²) in [6.07, 6.45) is 4.64. The van der Waals surface area contributed by atoms with Gasteiger partial charge in [0.05, 0.1) is 0 Å². The molecule has 0 aromatic carbocycles. The van der Waals surface area contributed by atoms with E-state index in [9.17, 15) is 9.70 Å². The number of nitroso groups, excluding NO2 is 1. The van der Waals surface area contributed by atoms with Crippen molar-refractivity contribution in [2.75, 3.05) is 5.75 Å². The number of carbonyl (C=O) groups excluding carboxylic acids is 1. The summed E-state index contributed by atoms with van der Waals surface area (Å²) in [6, 6.07) is 0. The van der Waals surface area contributed by atoms with Crippen LogP contribution in [0.3, 0.4) is 0 Å². The number of rotatable bonds is 5. The fourth-order valence-corrected chi connectivity index (χ4v) is 4.29. The third kappa shape index (κ3) is 4.67. The highest BCUT2D eigenvalue weighted by molar-refractivity contribution is 8.77. The monoisotopic (exact) mass is 219 g/mol. The zero-order chi connectivity index (χ0) is 9.52. The molecule has 13 heavy (non-hydrogen) atoms. The molecule has 0 aromatic heterocycles. The Morgan fingerprint density at radius 1 is 1.46 bits per heavy atom. The van der Waals surface area contributed by atoms with Crippen LogP contribution in [0, 0.1) is 4.91 Å². The Balaban J connectivity index is 1.94. The second-order valence-electron chi connectivity index (χ2n) is 3.06. The van der Waals surface area contributed by atoms with Crippen LogP contribution in [-0.2, 0) is 4.79 Å². The SMILES string of the molecule is O=NC(=O)CCCCC1CCSS1. The van der Waals surface area contributed by atoms with Crippen molar-refractivity contribution in [3.63, 3.8) is 0 Å². The van der Waals surface area contributed by atoms with Crippen LogP contribution in [-0.4, -0.2) is 16.9 Å². The van der Waals surface area contributed by atoms with Crippen molar-refractivity contribution in [3.8, 4) is 0 Å². The minimum Gasteiger partial charge on any atom is -0.269 e. The molecule has 0 aromatic rings. The van der Waals surface area contributed by atoms with Gasteiger partial charge in [-0.3, -0.25) is 4.79 Å². The summed E-state index contributed by atoms with van der Waals surface area (Å²) in [5, 5.41) is 3.13. The van der Waals surface area contributed by atoms with E-state index in [4.69, 9.17) is 0 Å². The van der Waals surface area contributed by atoms with Gasteiger partial charge >= 0.3 is 0 Å². The lowest BCUT2D eigenvalue weighted by molar-refractivity contribution is -0.118. The summed E-state index contributed by atoms with van der Waals surface area (Å²) in [5.41, 5.74) is 0. The normalized spacial score (nSPS) is 21.7. The molecule has 1 heterocycles. The molecule has 3 nitrogen and oxygen atoms in total. The summed E-state index contributed by atoms with van der Waals surface area (Å²) < 4.78 is 0. The van der Waals surface area contributed by atoms with Gasteiger partial charge in [-0.05, 0) is 19.3 Å². The van der Waals surface area contributed by atoms with Gasteiger partial charge < -0.3 is 0 Å². The third-order valence-electron chi connectivity index (χ3n) is 2.00. The van der Waals surface area contributed by atoms with Crippen molar-refractivity contribution >= 4 is 27.5 Å². The lowest BCUT2D eigenvalue weighted by Crippen LogP contribution is -1.98. The highest BCUT2D eigenvalue weighted by Crippen LogP contribution is 2.39. The average molecular weight is 219 g/mol. The van der Waals surface area contributed by atoms with Crippen LogP contribution in [0.5, 0.6) is 0 Å². The molecule has 0 aliphatic carbocycles. The Morgan fingerprint density at radius 3 is 2.92 bits per heavy atom. The van der Waals surface area contributed by atoms with Crippen LogP contribution >= 0.6 is 21.6 Å². The molecular formula is C8H13NO2S2. The molecule has 1 unspecified atom stereocenters. The fourth-order valence-electron chi connectivity index (χ4n) is 1.26. The first kappa shape index (κ1) is 11.0. The van der Waals surface area contributed by atoms with E-state index in [2.05, 4.69) is 5.18 Å². The van der Waals surface area contributed by atoms with Gasteiger partial charge in [0.2, 0.25) is 0 Å². The van der Waals surface area contributed by atoms with E-state index in [-0.39, 0.29) is 0 Å². The molecule has 5 heteroatoms. The summed E-state index contributed by atoms with van der Waals surface area (Å²) in [5.74, 6) is 0.748. The topological polar surface area (TPSA) is 46.5 Å². The molecule has 74 valence electrons. The van der Waals surface area contributed by atoms with Crippen molar-refractivity contribution in [2.24, 2.45) is 5.18 Å². The van der Waals surface area contributed by atoms with Crippen LogP contribution in [0.2, 0.25) is 0 Å². The van der Waals surface area contributed by atoms with E-state index in [0.29, 0.717) is 6.42 Å². The molecule has 1 amide bonds. The minimum absolute atomic E-state index is 0.327. The maximum atomic E-state index is 10.5. The van der Waals surface area contributed by atoms with E-state index >= 15 is 0 Å². The Kier molecular flexibility index (Phi) is 5.46. The molecule has 1 aliphatic heterocycles. The molecule has 1 aliphatic rings. The van der Waals surface area contributed by atoms with Crippen molar-refractivity contribution in [1.29, 1.82) is 0 Å². The van der Waals surface area contributed by atoms with Crippen LogP contribution < -0.4 is 0 Å². The molecule has 0 saturated carbocycles. The maximum Gasteiger partial charge on any atom is 0.286 e. The number of carbonyl (C=O) groups is 1. The molecular weight excluding hydrogens is 206 g/mol. The summed E-state index contributed by atoms with van der Waals surface area (Å²) >= 11 is 0. The van der Waals surface area contributed by atoms with Crippen molar-refractivity contribution in [3.05, 3.63) is 4.91 Å². The van der Waals surface area contributed by atoms with Gasteiger partial charge in [0.1, 0.15) is 0 Å².